The van der Waals surface area contributed by atoms with Crippen LogP contribution in [0.5, 0.6) is 0 Å². The molecule has 4 rings (SSSR count). The van der Waals surface area contributed by atoms with Gasteiger partial charge in [-0.2, -0.15) is 0 Å². The van der Waals surface area contributed by atoms with E-state index in [2.05, 4.69) is 5.32 Å². The molecule has 3 amide bonds. The number of nitrogens with one attached hydrogen (secondary N) is 1. The summed E-state index contributed by atoms with van der Waals surface area (Å²) < 4.78 is 2.25. The second kappa shape index (κ2) is 6.19. The fraction of sp³-hybridized carbons (Fsp3) is 0.400. The lowest BCUT2D eigenvalue weighted by molar-refractivity contribution is -0.131. The van der Waals surface area contributed by atoms with Crippen LogP contribution < -0.4 is 16.6 Å². The van der Waals surface area contributed by atoms with Gasteiger partial charge in [0.15, 0.2) is 0 Å². The highest BCUT2D eigenvalue weighted by Gasteiger charge is 2.49. The van der Waals surface area contributed by atoms with Crippen molar-refractivity contribution < 1.29 is 9.59 Å². The first-order valence-electron chi connectivity index (χ1n) is 9.24. The molecule has 1 aromatic heterocycles. The van der Waals surface area contributed by atoms with E-state index in [4.69, 9.17) is 0 Å². The highest BCUT2D eigenvalue weighted by Crippen LogP contribution is 2.33. The fourth-order valence-electron chi connectivity index (χ4n) is 4.01. The molecular weight excluding hydrogens is 360 g/mol. The Morgan fingerprint density at radius 3 is 2.46 bits per heavy atom. The molecule has 1 aromatic carbocycles. The zero-order valence-electron chi connectivity index (χ0n) is 16.1. The number of aromatic nitrogens is 2. The Kier molecular flexibility index (Phi) is 4.02. The van der Waals surface area contributed by atoms with Crippen LogP contribution in [0.1, 0.15) is 35.7 Å². The molecule has 28 heavy (non-hydrogen) atoms. The highest BCUT2D eigenvalue weighted by molar-refractivity contribution is 6.07. The molecule has 1 saturated heterocycles. The van der Waals surface area contributed by atoms with Gasteiger partial charge in [0.05, 0.1) is 6.54 Å². The molecule has 1 aliphatic heterocycles. The minimum absolute atomic E-state index is 0.146. The molecule has 2 heterocycles. The van der Waals surface area contributed by atoms with Crippen molar-refractivity contribution in [3.8, 4) is 0 Å². The Morgan fingerprint density at radius 1 is 1.00 bits per heavy atom. The van der Waals surface area contributed by atoms with E-state index >= 15 is 0 Å². The molecule has 0 unspecified atom stereocenters. The van der Waals surface area contributed by atoms with Crippen molar-refractivity contribution >= 4 is 11.9 Å². The van der Waals surface area contributed by atoms with E-state index in [0.717, 1.165) is 34.3 Å². The van der Waals surface area contributed by atoms with Gasteiger partial charge < -0.3 is 5.32 Å². The van der Waals surface area contributed by atoms with Crippen molar-refractivity contribution in [2.45, 2.75) is 38.3 Å². The molecule has 1 aliphatic carbocycles. The molecular formula is C20H22N4O4. The number of carbonyl (C=O) groups is 2. The van der Waals surface area contributed by atoms with Gasteiger partial charge in [0.25, 0.3) is 11.5 Å². The smallest absolute Gasteiger partial charge is 0.319 e. The third kappa shape index (κ3) is 2.59. The van der Waals surface area contributed by atoms with Gasteiger partial charge in [0.1, 0.15) is 5.54 Å². The first-order chi connectivity index (χ1) is 13.2. The fourth-order valence-corrected chi connectivity index (χ4v) is 4.01. The number of carbonyl (C=O) groups excluding carboxylic acids is 2. The summed E-state index contributed by atoms with van der Waals surface area (Å²) in [7, 11) is 2.89. The number of benzene rings is 1. The van der Waals surface area contributed by atoms with Gasteiger partial charge in [0, 0.05) is 25.9 Å². The largest absolute Gasteiger partial charge is 0.330 e. The molecule has 1 atom stereocenters. The van der Waals surface area contributed by atoms with E-state index in [1.807, 2.05) is 18.2 Å². The first-order valence-corrected chi connectivity index (χ1v) is 9.24. The third-order valence-corrected chi connectivity index (χ3v) is 5.90. The number of aryl methyl sites for hydroxylation is 2. The second-order valence-electron chi connectivity index (χ2n) is 7.66. The average molecular weight is 382 g/mol. The standard InChI is InChI=1S/C20H22N4O4/c1-20(14-8-7-12-5-4-6-13(12)9-14)17(26)24(18(27)21-20)11-15-10-16(25)23(3)19(28)22(15)2/h7-10H,4-6,11H2,1-3H3,(H,21,27)/t20-/m1/s1. The first kappa shape index (κ1) is 18.2. The number of imide groups is 1. The predicted molar refractivity (Wildman–Crippen MR) is 102 cm³/mol. The summed E-state index contributed by atoms with van der Waals surface area (Å²) in [6.07, 6.45) is 3.11. The van der Waals surface area contributed by atoms with Crippen molar-refractivity contribution in [2.24, 2.45) is 14.1 Å². The Labute approximate surface area is 161 Å². The van der Waals surface area contributed by atoms with Crippen LogP contribution >= 0.6 is 0 Å². The summed E-state index contributed by atoms with van der Waals surface area (Å²) in [5.74, 6) is -0.399. The van der Waals surface area contributed by atoms with E-state index in [0.29, 0.717) is 5.69 Å². The van der Waals surface area contributed by atoms with E-state index in [1.54, 1.807) is 6.92 Å². The van der Waals surface area contributed by atoms with E-state index < -0.39 is 28.7 Å². The number of nitrogens with zero attached hydrogens (tertiary/aromatic N) is 3. The summed E-state index contributed by atoms with van der Waals surface area (Å²) >= 11 is 0. The summed E-state index contributed by atoms with van der Waals surface area (Å²) in [6.45, 7) is 1.54. The Bertz CT molecular complexity index is 1130. The lowest BCUT2D eigenvalue weighted by Crippen LogP contribution is -2.42. The average Bonchev–Trinajstić information content (AvgIpc) is 3.22. The summed E-state index contributed by atoms with van der Waals surface area (Å²) in [6, 6.07) is 6.64. The van der Waals surface area contributed by atoms with Crippen LogP contribution in [0.2, 0.25) is 0 Å². The molecule has 8 nitrogen and oxygen atoms in total. The van der Waals surface area contributed by atoms with Crippen molar-refractivity contribution in [1.29, 1.82) is 0 Å². The van der Waals surface area contributed by atoms with Crippen molar-refractivity contribution in [2.75, 3.05) is 0 Å². The molecule has 1 fully saturated rings. The van der Waals surface area contributed by atoms with Crippen molar-refractivity contribution in [1.82, 2.24) is 19.4 Å². The van der Waals surface area contributed by atoms with Crippen LogP contribution in [0.15, 0.2) is 33.9 Å². The maximum absolute atomic E-state index is 13.2. The molecule has 0 spiro atoms. The second-order valence-corrected chi connectivity index (χ2v) is 7.66. The number of hydrogen-bond donors (Lipinski definition) is 1. The minimum Gasteiger partial charge on any atom is -0.319 e. The maximum atomic E-state index is 13.2. The lowest BCUT2D eigenvalue weighted by atomic mass is 9.89. The number of fused-ring (bicyclic) bond motifs is 1. The number of hydrogen-bond acceptors (Lipinski definition) is 4. The van der Waals surface area contributed by atoms with Gasteiger partial charge in [0.2, 0.25) is 0 Å². The van der Waals surface area contributed by atoms with Crippen molar-refractivity contribution in [3.63, 3.8) is 0 Å². The van der Waals surface area contributed by atoms with Gasteiger partial charge >= 0.3 is 11.7 Å². The maximum Gasteiger partial charge on any atom is 0.330 e. The normalized spacial score (nSPS) is 21.2. The van der Waals surface area contributed by atoms with Crippen LogP contribution in [-0.4, -0.2) is 26.0 Å². The van der Waals surface area contributed by atoms with E-state index in [-0.39, 0.29) is 6.54 Å². The summed E-state index contributed by atoms with van der Waals surface area (Å²) in [4.78, 5) is 50.9. The molecule has 2 aromatic rings. The minimum atomic E-state index is -1.17. The van der Waals surface area contributed by atoms with E-state index in [1.165, 1.54) is 35.9 Å². The molecule has 0 radical (unpaired) electrons. The quantitative estimate of drug-likeness (QED) is 0.784. The summed E-state index contributed by atoms with van der Waals surface area (Å²) in [5.41, 5.74) is 1.39. The van der Waals surface area contributed by atoms with Crippen LogP contribution in [0.3, 0.4) is 0 Å². The van der Waals surface area contributed by atoms with Gasteiger partial charge in [-0.15, -0.1) is 0 Å². The molecule has 2 aliphatic rings. The van der Waals surface area contributed by atoms with Gasteiger partial charge in [-0.1, -0.05) is 18.2 Å². The lowest BCUT2D eigenvalue weighted by Gasteiger charge is -2.23. The Morgan fingerprint density at radius 2 is 1.71 bits per heavy atom. The van der Waals surface area contributed by atoms with Crippen LogP contribution in [0.4, 0.5) is 4.79 Å². The molecule has 8 heteroatoms. The molecule has 0 bridgehead atoms. The third-order valence-electron chi connectivity index (χ3n) is 5.90. The molecule has 0 saturated carbocycles. The van der Waals surface area contributed by atoms with Crippen LogP contribution in [-0.2, 0) is 43.8 Å². The molecule has 1 N–H and O–H groups in total. The van der Waals surface area contributed by atoms with Gasteiger partial charge in [-0.05, 0) is 42.9 Å². The predicted octanol–water partition coefficient (Wildman–Crippen LogP) is 0.540. The van der Waals surface area contributed by atoms with E-state index in [9.17, 15) is 19.2 Å². The number of amides is 3. The number of urea groups is 1. The van der Waals surface area contributed by atoms with Gasteiger partial charge in [-0.3, -0.25) is 23.6 Å². The number of rotatable bonds is 3. The Balaban J connectivity index is 1.68. The van der Waals surface area contributed by atoms with Crippen LogP contribution in [0, 0.1) is 0 Å². The summed E-state index contributed by atoms with van der Waals surface area (Å²) in [5, 5.41) is 2.78. The molecule has 146 valence electrons. The van der Waals surface area contributed by atoms with Gasteiger partial charge in [-0.25, -0.2) is 9.59 Å². The zero-order valence-corrected chi connectivity index (χ0v) is 16.1. The topological polar surface area (TPSA) is 93.4 Å². The highest BCUT2D eigenvalue weighted by atomic mass is 16.2. The van der Waals surface area contributed by atoms with Crippen molar-refractivity contribution in [3.05, 3.63) is 67.5 Å². The monoisotopic (exact) mass is 382 g/mol. The SMILES string of the molecule is Cn1c(CN2C(=O)N[C@](C)(c3ccc4c(c3)CCC4)C2=O)cc(=O)n(C)c1=O. The Hall–Kier alpha value is -3.16. The van der Waals surface area contributed by atoms with Crippen LogP contribution in [0.25, 0.3) is 0 Å². The zero-order chi connectivity index (χ0) is 20.2.